The molecule has 1 heterocycles. The van der Waals surface area contributed by atoms with Crippen molar-refractivity contribution in [3.8, 4) is 0 Å². The van der Waals surface area contributed by atoms with E-state index in [1.807, 2.05) is 24.4 Å². The molecule has 0 saturated heterocycles. The van der Waals surface area contributed by atoms with Crippen LogP contribution in [0.15, 0.2) is 17.5 Å². The van der Waals surface area contributed by atoms with Crippen molar-refractivity contribution in [2.45, 2.75) is 38.6 Å². The van der Waals surface area contributed by atoms with Crippen LogP contribution >= 0.6 is 11.3 Å². The molecule has 1 atom stereocenters. The van der Waals surface area contributed by atoms with Crippen LogP contribution in [0.1, 0.15) is 43.5 Å². The molecule has 0 aliphatic rings. The van der Waals surface area contributed by atoms with Crippen molar-refractivity contribution in [1.29, 1.82) is 0 Å². The van der Waals surface area contributed by atoms with Crippen molar-refractivity contribution in [2.24, 2.45) is 0 Å². The van der Waals surface area contributed by atoms with Crippen LogP contribution in [0.25, 0.3) is 0 Å². The summed E-state index contributed by atoms with van der Waals surface area (Å²) < 4.78 is 0. The van der Waals surface area contributed by atoms with Gasteiger partial charge in [-0.05, 0) is 30.7 Å². The van der Waals surface area contributed by atoms with Crippen molar-refractivity contribution in [3.63, 3.8) is 0 Å². The van der Waals surface area contributed by atoms with E-state index in [9.17, 15) is 9.59 Å². The molecule has 0 aromatic carbocycles. The van der Waals surface area contributed by atoms with Crippen LogP contribution in [0.5, 0.6) is 0 Å². The number of hydrogen-bond acceptors (Lipinski definition) is 3. The fourth-order valence-corrected chi connectivity index (χ4v) is 2.54. The highest BCUT2D eigenvalue weighted by atomic mass is 32.1. The molecule has 0 radical (unpaired) electrons. The van der Waals surface area contributed by atoms with Gasteiger partial charge in [-0.2, -0.15) is 0 Å². The fourth-order valence-electron chi connectivity index (χ4n) is 1.68. The molecule has 5 nitrogen and oxygen atoms in total. The van der Waals surface area contributed by atoms with Gasteiger partial charge in [0.1, 0.15) is 0 Å². The number of carbonyl (C=O) groups is 2. The van der Waals surface area contributed by atoms with E-state index in [1.54, 1.807) is 11.3 Å². The molecule has 1 aromatic rings. The van der Waals surface area contributed by atoms with Gasteiger partial charge in [-0.3, -0.25) is 4.79 Å². The van der Waals surface area contributed by atoms with Gasteiger partial charge in [-0.25, -0.2) is 4.79 Å². The smallest absolute Gasteiger partial charge is 0.315 e. The summed E-state index contributed by atoms with van der Waals surface area (Å²) in [5, 5.41) is 16.1. The van der Waals surface area contributed by atoms with E-state index < -0.39 is 5.97 Å². The first-order valence-corrected chi connectivity index (χ1v) is 7.31. The quantitative estimate of drug-likeness (QED) is 0.642. The normalized spacial score (nSPS) is 11.8. The number of carbonyl (C=O) groups excluding carboxylic acids is 1. The first kappa shape index (κ1) is 15.5. The number of thiophene rings is 1. The third kappa shape index (κ3) is 6.24. The minimum Gasteiger partial charge on any atom is -0.481 e. The van der Waals surface area contributed by atoms with E-state index >= 15 is 0 Å². The number of carboxylic acid groups (broad SMARTS) is 1. The maximum absolute atomic E-state index is 11.7. The Morgan fingerprint density at radius 3 is 2.79 bits per heavy atom. The monoisotopic (exact) mass is 284 g/mol. The summed E-state index contributed by atoms with van der Waals surface area (Å²) in [5.74, 6) is -0.798. The molecule has 0 aliphatic carbocycles. The maximum atomic E-state index is 11.7. The lowest BCUT2D eigenvalue weighted by atomic mass is 10.2. The standard InChI is InChI=1S/C13H20N2O3S/c1-2-10(11-6-5-9-19-11)15-13(18)14-8-4-3-7-12(16)17/h5-6,9-10H,2-4,7-8H2,1H3,(H,16,17)(H2,14,15,18). The summed E-state index contributed by atoms with van der Waals surface area (Å²) >= 11 is 1.63. The molecule has 0 spiro atoms. The first-order chi connectivity index (χ1) is 9.13. The molecule has 2 amide bonds. The molecule has 1 rings (SSSR count). The highest BCUT2D eigenvalue weighted by Crippen LogP contribution is 2.21. The van der Waals surface area contributed by atoms with Gasteiger partial charge in [-0.15, -0.1) is 11.3 Å². The van der Waals surface area contributed by atoms with Gasteiger partial charge < -0.3 is 15.7 Å². The molecular weight excluding hydrogens is 264 g/mol. The molecule has 106 valence electrons. The Hall–Kier alpha value is -1.56. The number of nitrogens with one attached hydrogen (secondary N) is 2. The van der Waals surface area contributed by atoms with Crippen molar-refractivity contribution in [1.82, 2.24) is 10.6 Å². The zero-order valence-corrected chi connectivity index (χ0v) is 11.8. The number of rotatable bonds is 8. The number of hydrogen-bond donors (Lipinski definition) is 3. The van der Waals surface area contributed by atoms with Gasteiger partial charge in [0.2, 0.25) is 0 Å². The maximum Gasteiger partial charge on any atom is 0.315 e. The highest BCUT2D eigenvalue weighted by Gasteiger charge is 2.12. The molecule has 1 aromatic heterocycles. The van der Waals surface area contributed by atoms with E-state index in [2.05, 4.69) is 10.6 Å². The summed E-state index contributed by atoms with van der Waals surface area (Å²) in [6.45, 7) is 2.53. The first-order valence-electron chi connectivity index (χ1n) is 6.43. The van der Waals surface area contributed by atoms with Crippen molar-refractivity contribution < 1.29 is 14.7 Å². The lowest BCUT2D eigenvalue weighted by molar-refractivity contribution is -0.137. The molecule has 1 unspecified atom stereocenters. The van der Waals surface area contributed by atoms with E-state index in [0.717, 1.165) is 11.3 Å². The molecule has 0 bridgehead atoms. The Morgan fingerprint density at radius 2 is 2.21 bits per heavy atom. The molecule has 6 heteroatoms. The zero-order valence-electron chi connectivity index (χ0n) is 11.0. The van der Waals surface area contributed by atoms with Crippen molar-refractivity contribution >= 4 is 23.3 Å². The Morgan fingerprint density at radius 1 is 1.42 bits per heavy atom. The van der Waals surface area contributed by atoms with Crippen LogP contribution in [0.2, 0.25) is 0 Å². The summed E-state index contributed by atoms with van der Waals surface area (Å²) in [6, 6.07) is 3.81. The summed E-state index contributed by atoms with van der Waals surface area (Å²) in [5.41, 5.74) is 0. The molecule has 0 aliphatic heterocycles. The van der Waals surface area contributed by atoms with Crippen LogP contribution in [-0.4, -0.2) is 23.7 Å². The van der Waals surface area contributed by atoms with Gasteiger partial charge in [0, 0.05) is 17.8 Å². The topological polar surface area (TPSA) is 78.4 Å². The average Bonchev–Trinajstić information content (AvgIpc) is 2.88. The number of aliphatic carboxylic acids is 1. The second-order valence-corrected chi connectivity index (χ2v) is 5.21. The van der Waals surface area contributed by atoms with E-state index in [0.29, 0.717) is 19.4 Å². The fraction of sp³-hybridized carbons (Fsp3) is 0.538. The minimum absolute atomic E-state index is 0.0408. The number of urea groups is 1. The third-order valence-corrected chi connectivity index (χ3v) is 3.69. The summed E-state index contributed by atoms with van der Waals surface area (Å²) in [7, 11) is 0. The SMILES string of the molecule is CCC(NC(=O)NCCCCC(=O)O)c1cccs1. The van der Waals surface area contributed by atoms with E-state index in [4.69, 9.17) is 5.11 Å². The van der Waals surface area contributed by atoms with Crippen LogP contribution in [0, 0.1) is 0 Å². The van der Waals surface area contributed by atoms with E-state index in [-0.39, 0.29) is 18.5 Å². The van der Waals surface area contributed by atoms with Crippen LogP contribution in [0.4, 0.5) is 4.79 Å². The summed E-state index contributed by atoms with van der Waals surface area (Å²) in [4.78, 5) is 23.1. The van der Waals surface area contributed by atoms with Crippen LogP contribution in [-0.2, 0) is 4.79 Å². The van der Waals surface area contributed by atoms with Gasteiger partial charge in [-0.1, -0.05) is 13.0 Å². The second kappa shape index (κ2) is 8.53. The van der Waals surface area contributed by atoms with Gasteiger partial charge in [0.15, 0.2) is 0 Å². The Bertz CT molecular complexity index is 393. The van der Waals surface area contributed by atoms with Crippen LogP contribution in [0.3, 0.4) is 0 Å². The second-order valence-electron chi connectivity index (χ2n) is 4.23. The van der Waals surface area contributed by atoms with Crippen molar-refractivity contribution in [3.05, 3.63) is 22.4 Å². The number of carboxylic acids is 1. The van der Waals surface area contributed by atoms with Gasteiger partial charge in [0.05, 0.1) is 6.04 Å². The van der Waals surface area contributed by atoms with Gasteiger partial charge >= 0.3 is 12.0 Å². The lowest BCUT2D eigenvalue weighted by Crippen LogP contribution is -2.38. The van der Waals surface area contributed by atoms with Gasteiger partial charge in [0.25, 0.3) is 0 Å². The minimum atomic E-state index is -0.798. The number of unbranched alkanes of at least 4 members (excludes halogenated alkanes) is 1. The Balaban J connectivity index is 2.21. The summed E-state index contributed by atoms with van der Waals surface area (Å²) in [6.07, 6.45) is 2.25. The Kier molecular flexibility index (Phi) is 6.95. The zero-order chi connectivity index (χ0) is 14.1. The molecular formula is C13H20N2O3S. The molecule has 0 fully saturated rings. The molecule has 3 N–H and O–H groups in total. The Labute approximate surface area is 117 Å². The van der Waals surface area contributed by atoms with Crippen LogP contribution < -0.4 is 10.6 Å². The largest absolute Gasteiger partial charge is 0.481 e. The predicted molar refractivity (Wildman–Crippen MR) is 75.4 cm³/mol. The lowest BCUT2D eigenvalue weighted by Gasteiger charge is -2.16. The highest BCUT2D eigenvalue weighted by molar-refractivity contribution is 7.10. The predicted octanol–water partition coefficient (Wildman–Crippen LogP) is 2.75. The molecule has 19 heavy (non-hydrogen) atoms. The van der Waals surface area contributed by atoms with E-state index in [1.165, 1.54) is 0 Å². The molecule has 0 saturated carbocycles. The average molecular weight is 284 g/mol. The third-order valence-electron chi connectivity index (χ3n) is 2.70. The van der Waals surface area contributed by atoms with Crippen molar-refractivity contribution in [2.75, 3.05) is 6.54 Å². The number of amides is 2.